The zero-order valence-corrected chi connectivity index (χ0v) is 6.85. The number of primary sulfonamides is 1. The Bertz CT molecular complexity index is 216. The third-order valence-corrected chi connectivity index (χ3v) is 3.47. The second kappa shape index (κ2) is 2.18. The normalized spacial score (nSPS) is 40.9. The Kier molecular flexibility index (Phi) is 1.74. The van der Waals surface area contributed by atoms with E-state index in [1.165, 1.54) is 0 Å². The molecule has 1 fully saturated rings. The summed E-state index contributed by atoms with van der Waals surface area (Å²) in [5.74, 6) is 0. The highest BCUT2D eigenvalue weighted by molar-refractivity contribution is 7.89. The van der Waals surface area contributed by atoms with Crippen molar-refractivity contribution in [1.82, 2.24) is 5.32 Å². The lowest BCUT2D eigenvalue weighted by Crippen LogP contribution is -2.66. The molecule has 1 rings (SSSR count). The Morgan fingerprint density at radius 2 is 1.70 bits per heavy atom. The van der Waals surface area contributed by atoms with E-state index in [0.29, 0.717) is 0 Å². The molecular weight excluding hydrogens is 152 g/mol. The van der Waals surface area contributed by atoms with Crippen LogP contribution in [0.3, 0.4) is 0 Å². The average molecular weight is 164 g/mol. The summed E-state index contributed by atoms with van der Waals surface area (Å²) in [6, 6.07) is 0.00926. The summed E-state index contributed by atoms with van der Waals surface area (Å²) < 4.78 is 21.5. The van der Waals surface area contributed by atoms with Gasteiger partial charge in [0, 0.05) is 12.1 Å². The van der Waals surface area contributed by atoms with E-state index >= 15 is 0 Å². The topological polar surface area (TPSA) is 72.2 Å². The van der Waals surface area contributed by atoms with Crippen LogP contribution in [-0.2, 0) is 10.0 Å². The lowest BCUT2D eigenvalue weighted by Gasteiger charge is -2.40. The third kappa shape index (κ3) is 1.16. The molecule has 0 amide bonds. The molecule has 1 saturated heterocycles. The Labute approximate surface area is 60.8 Å². The van der Waals surface area contributed by atoms with Gasteiger partial charge in [0.2, 0.25) is 10.0 Å². The van der Waals surface area contributed by atoms with Crippen molar-refractivity contribution in [1.29, 1.82) is 0 Å². The second-order valence-electron chi connectivity index (χ2n) is 2.80. The van der Waals surface area contributed by atoms with Crippen LogP contribution in [0.15, 0.2) is 0 Å². The number of rotatable bonds is 1. The minimum Gasteiger partial charge on any atom is -0.309 e. The Morgan fingerprint density at radius 1 is 1.30 bits per heavy atom. The predicted molar refractivity (Wildman–Crippen MR) is 39.0 cm³/mol. The maximum absolute atomic E-state index is 10.8. The van der Waals surface area contributed by atoms with Gasteiger partial charge < -0.3 is 5.32 Å². The van der Waals surface area contributed by atoms with Crippen molar-refractivity contribution in [2.75, 3.05) is 0 Å². The zero-order chi connectivity index (χ0) is 7.94. The maximum Gasteiger partial charge on any atom is 0.215 e. The molecule has 10 heavy (non-hydrogen) atoms. The molecule has 0 bridgehead atoms. The summed E-state index contributed by atoms with van der Waals surface area (Å²) in [5, 5.41) is 7.56. The molecule has 2 atom stereocenters. The molecule has 0 spiro atoms. The molecular formula is C5H12N2O2S. The van der Waals surface area contributed by atoms with Crippen LogP contribution in [0, 0.1) is 0 Å². The van der Waals surface area contributed by atoms with Crippen molar-refractivity contribution in [2.24, 2.45) is 5.14 Å². The number of hydrogen-bond donors (Lipinski definition) is 2. The Balaban J connectivity index is 2.74. The van der Waals surface area contributed by atoms with E-state index in [-0.39, 0.29) is 12.1 Å². The fourth-order valence-electron chi connectivity index (χ4n) is 1.49. The van der Waals surface area contributed by atoms with Gasteiger partial charge in [-0.1, -0.05) is 0 Å². The summed E-state index contributed by atoms with van der Waals surface area (Å²) in [4.78, 5) is 0. The quantitative estimate of drug-likeness (QED) is 0.523. The molecule has 60 valence electrons. The SMILES string of the molecule is CC1NC(C)C1S(N)(=O)=O. The monoisotopic (exact) mass is 164 g/mol. The number of nitrogens with two attached hydrogens (primary N) is 1. The van der Waals surface area contributed by atoms with Crippen LogP contribution in [0.25, 0.3) is 0 Å². The van der Waals surface area contributed by atoms with E-state index in [0.717, 1.165) is 0 Å². The van der Waals surface area contributed by atoms with Crippen molar-refractivity contribution < 1.29 is 8.42 Å². The van der Waals surface area contributed by atoms with Crippen LogP contribution in [0.5, 0.6) is 0 Å². The lowest BCUT2D eigenvalue weighted by atomic mass is 10.00. The first-order chi connectivity index (χ1) is 4.43. The van der Waals surface area contributed by atoms with Gasteiger partial charge in [0.1, 0.15) is 5.25 Å². The van der Waals surface area contributed by atoms with E-state index in [1.54, 1.807) is 0 Å². The molecule has 2 unspecified atom stereocenters. The van der Waals surface area contributed by atoms with Gasteiger partial charge in [0.25, 0.3) is 0 Å². The van der Waals surface area contributed by atoms with Crippen molar-refractivity contribution in [3.8, 4) is 0 Å². The smallest absolute Gasteiger partial charge is 0.215 e. The molecule has 0 aromatic heterocycles. The van der Waals surface area contributed by atoms with Gasteiger partial charge in [0.15, 0.2) is 0 Å². The zero-order valence-electron chi connectivity index (χ0n) is 6.03. The van der Waals surface area contributed by atoms with Crippen molar-refractivity contribution >= 4 is 10.0 Å². The standard InChI is InChI=1S/C5H12N2O2S/c1-3-5(4(2)7-3)10(6,8)9/h3-5,7H,1-2H3,(H2,6,8,9). The number of sulfonamides is 1. The van der Waals surface area contributed by atoms with Crippen molar-refractivity contribution in [3.05, 3.63) is 0 Å². The summed E-state index contributed by atoms with van der Waals surface area (Å²) in [5.41, 5.74) is 0. The highest BCUT2D eigenvalue weighted by atomic mass is 32.2. The van der Waals surface area contributed by atoms with Crippen LogP contribution in [0.2, 0.25) is 0 Å². The molecule has 0 aromatic carbocycles. The van der Waals surface area contributed by atoms with Gasteiger partial charge >= 0.3 is 0 Å². The van der Waals surface area contributed by atoms with Crippen molar-refractivity contribution in [2.45, 2.75) is 31.2 Å². The van der Waals surface area contributed by atoms with Gasteiger partial charge in [-0.15, -0.1) is 0 Å². The molecule has 0 aromatic rings. The number of nitrogens with one attached hydrogen (secondary N) is 1. The molecule has 1 aliphatic rings. The third-order valence-electron chi connectivity index (χ3n) is 1.89. The van der Waals surface area contributed by atoms with E-state index in [4.69, 9.17) is 5.14 Å². The fraction of sp³-hybridized carbons (Fsp3) is 1.00. The summed E-state index contributed by atoms with van der Waals surface area (Å²) in [6.07, 6.45) is 0. The first-order valence-corrected chi connectivity index (χ1v) is 4.81. The molecule has 1 aliphatic heterocycles. The molecule has 4 nitrogen and oxygen atoms in total. The highest BCUT2D eigenvalue weighted by Crippen LogP contribution is 2.17. The van der Waals surface area contributed by atoms with Crippen LogP contribution in [0.1, 0.15) is 13.8 Å². The van der Waals surface area contributed by atoms with Gasteiger partial charge in [-0.05, 0) is 13.8 Å². The minimum atomic E-state index is -3.33. The molecule has 0 saturated carbocycles. The number of hydrogen-bond acceptors (Lipinski definition) is 3. The molecule has 1 heterocycles. The fourth-order valence-corrected chi connectivity index (χ4v) is 2.78. The minimum absolute atomic E-state index is 0.00463. The van der Waals surface area contributed by atoms with E-state index in [1.807, 2.05) is 13.8 Å². The summed E-state index contributed by atoms with van der Waals surface area (Å²) in [7, 11) is -3.33. The molecule has 0 aliphatic carbocycles. The second-order valence-corrected chi connectivity index (χ2v) is 4.52. The molecule has 3 N–H and O–H groups in total. The van der Waals surface area contributed by atoms with Crippen LogP contribution in [-0.4, -0.2) is 25.8 Å². The Hall–Kier alpha value is -0.130. The van der Waals surface area contributed by atoms with E-state index in [2.05, 4.69) is 5.32 Å². The van der Waals surface area contributed by atoms with Gasteiger partial charge in [-0.2, -0.15) is 0 Å². The predicted octanol–water partition coefficient (Wildman–Crippen LogP) is -0.976. The van der Waals surface area contributed by atoms with Gasteiger partial charge in [-0.25, -0.2) is 13.6 Å². The lowest BCUT2D eigenvalue weighted by molar-refractivity contribution is 0.303. The first kappa shape index (κ1) is 7.97. The largest absolute Gasteiger partial charge is 0.309 e. The Morgan fingerprint density at radius 3 is 1.80 bits per heavy atom. The van der Waals surface area contributed by atoms with Crippen LogP contribution in [0.4, 0.5) is 0 Å². The maximum atomic E-state index is 10.8. The summed E-state index contributed by atoms with van der Waals surface area (Å²) in [6.45, 7) is 3.63. The van der Waals surface area contributed by atoms with Crippen LogP contribution < -0.4 is 10.5 Å². The first-order valence-electron chi connectivity index (χ1n) is 3.20. The molecule has 0 radical (unpaired) electrons. The summed E-state index contributed by atoms with van der Waals surface area (Å²) >= 11 is 0. The van der Waals surface area contributed by atoms with Crippen LogP contribution >= 0.6 is 0 Å². The highest BCUT2D eigenvalue weighted by Gasteiger charge is 2.41. The molecule has 5 heteroatoms. The van der Waals surface area contributed by atoms with Gasteiger partial charge in [-0.3, -0.25) is 0 Å². The average Bonchev–Trinajstić information content (AvgIpc) is 1.58. The van der Waals surface area contributed by atoms with E-state index in [9.17, 15) is 8.42 Å². The van der Waals surface area contributed by atoms with Crippen molar-refractivity contribution in [3.63, 3.8) is 0 Å². The van der Waals surface area contributed by atoms with Gasteiger partial charge in [0.05, 0.1) is 0 Å². The van der Waals surface area contributed by atoms with E-state index < -0.39 is 15.3 Å².